The van der Waals surface area contributed by atoms with Gasteiger partial charge in [-0.2, -0.15) is 0 Å². The molecule has 0 spiro atoms. The second-order valence-corrected chi connectivity index (χ2v) is 7.27. The van der Waals surface area contributed by atoms with Gasteiger partial charge < -0.3 is 24.1 Å². The Labute approximate surface area is 153 Å². The lowest BCUT2D eigenvalue weighted by Crippen LogP contribution is -2.51. The standard InChI is InChI=1S/C19H28N2O5/c1-13-9-17(14(2)26-13)19(24)21-7-8-25-12-16(21)10-18(23)20-5-3-15(11-22)4-6-20/h9,15-16,22H,3-8,10-12H2,1-2H3/t16-/m1/s1. The van der Waals surface area contributed by atoms with Crippen molar-refractivity contribution >= 4 is 11.8 Å². The minimum atomic E-state index is -0.256. The van der Waals surface area contributed by atoms with Crippen LogP contribution in [0.15, 0.2) is 10.5 Å². The maximum Gasteiger partial charge on any atom is 0.257 e. The number of morpholine rings is 1. The smallest absolute Gasteiger partial charge is 0.257 e. The second kappa shape index (κ2) is 8.22. The second-order valence-electron chi connectivity index (χ2n) is 7.27. The number of carbonyl (C=O) groups excluding carboxylic acids is 2. The van der Waals surface area contributed by atoms with Crippen LogP contribution in [0.3, 0.4) is 0 Å². The number of aliphatic hydroxyl groups excluding tert-OH is 1. The van der Waals surface area contributed by atoms with Gasteiger partial charge in [0.2, 0.25) is 5.91 Å². The Bertz CT molecular complexity index is 648. The topological polar surface area (TPSA) is 83.2 Å². The molecule has 144 valence electrons. The molecule has 2 aliphatic rings. The van der Waals surface area contributed by atoms with Crippen molar-refractivity contribution in [3.8, 4) is 0 Å². The molecule has 26 heavy (non-hydrogen) atoms. The number of aryl methyl sites for hydroxylation is 2. The molecule has 1 aromatic rings. The first-order valence-corrected chi connectivity index (χ1v) is 9.34. The fraction of sp³-hybridized carbons (Fsp3) is 0.684. The normalized spacial score (nSPS) is 21.9. The van der Waals surface area contributed by atoms with Gasteiger partial charge in [-0.05, 0) is 38.7 Å². The van der Waals surface area contributed by atoms with E-state index in [1.54, 1.807) is 17.9 Å². The van der Waals surface area contributed by atoms with E-state index in [1.807, 2.05) is 11.8 Å². The molecule has 0 bridgehead atoms. The fourth-order valence-electron chi connectivity index (χ4n) is 3.78. The molecule has 0 aromatic carbocycles. The maximum absolute atomic E-state index is 12.9. The number of rotatable bonds is 4. The quantitative estimate of drug-likeness (QED) is 0.872. The van der Waals surface area contributed by atoms with E-state index >= 15 is 0 Å². The Hall–Kier alpha value is -1.86. The highest BCUT2D eigenvalue weighted by atomic mass is 16.5. The molecule has 2 amide bonds. The van der Waals surface area contributed by atoms with Crippen molar-refractivity contribution in [3.63, 3.8) is 0 Å². The number of hydrogen-bond donors (Lipinski definition) is 1. The van der Waals surface area contributed by atoms with Crippen molar-refractivity contribution in [2.75, 3.05) is 39.5 Å². The first-order chi connectivity index (χ1) is 12.5. The predicted molar refractivity (Wildman–Crippen MR) is 94.8 cm³/mol. The third-order valence-electron chi connectivity index (χ3n) is 5.40. The lowest BCUT2D eigenvalue weighted by molar-refractivity contribution is -0.135. The SMILES string of the molecule is Cc1cc(C(=O)N2CCOC[C@H]2CC(=O)N2CCC(CO)CC2)c(C)o1. The molecule has 1 aromatic heterocycles. The molecule has 0 aliphatic carbocycles. The zero-order valence-corrected chi connectivity index (χ0v) is 15.6. The summed E-state index contributed by atoms with van der Waals surface area (Å²) in [4.78, 5) is 29.2. The van der Waals surface area contributed by atoms with E-state index in [9.17, 15) is 14.7 Å². The van der Waals surface area contributed by atoms with Gasteiger partial charge in [-0.3, -0.25) is 9.59 Å². The number of likely N-dealkylation sites (tertiary alicyclic amines) is 1. The number of nitrogens with zero attached hydrogens (tertiary/aromatic N) is 2. The summed E-state index contributed by atoms with van der Waals surface area (Å²) in [6, 6.07) is 1.50. The van der Waals surface area contributed by atoms with Crippen LogP contribution in [0.25, 0.3) is 0 Å². The highest BCUT2D eigenvalue weighted by Crippen LogP contribution is 2.22. The molecule has 1 N–H and O–H groups in total. The summed E-state index contributed by atoms with van der Waals surface area (Å²) >= 11 is 0. The third kappa shape index (κ3) is 4.10. The van der Waals surface area contributed by atoms with Gasteiger partial charge in [-0.1, -0.05) is 0 Å². The van der Waals surface area contributed by atoms with Crippen LogP contribution in [0.4, 0.5) is 0 Å². The molecule has 2 aliphatic heterocycles. The lowest BCUT2D eigenvalue weighted by Gasteiger charge is -2.37. The first-order valence-electron chi connectivity index (χ1n) is 9.34. The Morgan fingerprint density at radius 2 is 1.96 bits per heavy atom. The Balaban J connectivity index is 1.64. The van der Waals surface area contributed by atoms with Crippen LogP contribution < -0.4 is 0 Å². The summed E-state index contributed by atoms with van der Waals surface area (Å²) in [6.45, 7) is 6.47. The Kier molecular flexibility index (Phi) is 5.98. The molecule has 0 radical (unpaired) electrons. The van der Waals surface area contributed by atoms with Gasteiger partial charge in [0.25, 0.3) is 5.91 Å². The molecule has 0 unspecified atom stereocenters. The van der Waals surface area contributed by atoms with Crippen molar-refractivity contribution in [2.24, 2.45) is 5.92 Å². The van der Waals surface area contributed by atoms with E-state index in [1.165, 1.54) is 0 Å². The van der Waals surface area contributed by atoms with Crippen LogP contribution in [-0.4, -0.2) is 72.2 Å². The number of ether oxygens (including phenoxy) is 1. The maximum atomic E-state index is 12.9. The molecule has 0 saturated carbocycles. The molecular weight excluding hydrogens is 336 g/mol. The van der Waals surface area contributed by atoms with Crippen molar-refractivity contribution in [2.45, 2.75) is 39.2 Å². The largest absolute Gasteiger partial charge is 0.466 e. The molecule has 2 fully saturated rings. The average Bonchev–Trinajstić information content (AvgIpc) is 3.00. The summed E-state index contributed by atoms with van der Waals surface area (Å²) < 4.78 is 11.0. The van der Waals surface area contributed by atoms with E-state index in [4.69, 9.17) is 9.15 Å². The summed E-state index contributed by atoms with van der Waals surface area (Å²) in [6.07, 6.45) is 1.94. The van der Waals surface area contributed by atoms with Gasteiger partial charge in [-0.25, -0.2) is 0 Å². The monoisotopic (exact) mass is 364 g/mol. The number of hydrogen-bond acceptors (Lipinski definition) is 5. The van der Waals surface area contributed by atoms with E-state index in [-0.39, 0.29) is 30.9 Å². The van der Waals surface area contributed by atoms with Crippen LogP contribution in [-0.2, 0) is 9.53 Å². The van der Waals surface area contributed by atoms with E-state index in [0.29, 0.717) is 55.8 Å². The first kappa shape index (κ1) is 18.9. The van der Waals surface area contributed by atoms with Gasteiger partial charge in [-0.15, -0.1) is 0 Å². The van der Waals surface area contributed by atoms with Crippen molar-refractivity contribution in [3.05, 3.63) is 23.2 Å². The predicted octanol–water partition coefficient (Wildman–Crippen LogP) is 1.36. The average molecular weight is 364 g/mol. The van der Waals surface area contributed by atoms with Crippen molar-refractivity contribution in [1.29, 1.82) is 0 Å². The highest BCUT2D eigenvalue weighted by molar-refractivity contribution is 5.96. The van der Waals surface area contributed by atoms with Gasteiger partial charge in [0.05, 0.1) is 24.8 Å². The molecule has 2 saturated heterocycles. The lowest BCUT2D eigenvalue weighted by atomic mass is 9.97. The summed E-state index contributed by atoms with van der Waals surface area (Å²) in [5.41, 5.74) is 0.561. The zero-order valence-electron chi connectivity index (χ0n) is 15.6. The minimum Gasteiger partial charge on any atom is -0.466 e. The Morgan fingerprint density at radius 1 is 1.23 bits per heavy atom. The van der Waals surface area contributed by atoms with Crippen LogP contribution in [0.2, 0.25) is 0 Å². The Morgan fingerprint density at radius 3 is 2.58 bits per heavy atom. The van der Waals surface area contributed by atoms with Gasteiger partial charge >= 0.3 is 0 Å². The summed E-state index contributed by atoms with van der Waals surface area (Å²) in [7, 11) is 0. The third-order valence-corrected chi connectivity index (χ3v) is 5.40. The van der Waals surface area contributed by atoms with Crippen LogP contribution >= 0.6 is 0 Å². The van der Waals surface area contributed by atoms with Gasteiger partial charge in [0, 0.05) is 32.7 Å². The van der Waals surface area contributed by atoms with Crippen LogP contribution in [0.5, 0.6) is 0 Å². The molecule has 1 atom stereocenters. The fourth-order valence-corrected chi connectivity index (χ4v) is 3.78. The molecule has 3 heterocycles. The highest BCUT2D eigenvalue weighted by Gasteiger charge is 2.33. The summed E-state index contributed by atoms with van der Waals surface area (Å²) in [5, 5.41) is 9.23. The number of furan rings is 1. The molecule has 7 nitrogen and oxygen atoms in total. The van der Waals surface area contributed by atoms with E-state index < -0.39 is 0 Å². The van der Waals surface area contributed by atoms with Crippen molar-refractivity contribution < 1.29 is 23.8 Å². The number of amides is 2. The van der Waals surface area contributed by atoms with Gasteiger partial charge in [0.1, 0.15) is 11.5 Å². The molecule has 7 heteroatoms. The van der Waals surface area contributed by atoms with Gasteiger partial charge in [0.15, 0.2) is 0 Å². The van der Waals surface area contributed by atoms with E-state index in [2.05, 4.69) is 0 Å². The van der Waals surface area contributed by atoms with Crippen LogP contribution in [0, 0.1) is 19.8 Å². The minimum absolute atomic E-state index is 0.0507. The van der Waals surface area contributed by atoms with E-state index in [0.717, 1.165) is 12.8 Å². The van der Waals surface area contributed by atoms with Crippen molar-refractivity contribution in [1.82, 2.24) is 9.80 Å². The zero-order chi connectivity index (χ0) is 18.7. The number of carbonyl (C=O) groups is 2. The number of aliphatic hydroxyl groups is 1. The molecule has 3 rings (SSSR count). The molecular formula is C19H28N2O5. The van der Waals surface area contributed by atoms with Crippen LogP contribution in [0.1, 0.15) is 41.1 Å². The summed E-state index contributed by atoms with van der Waals surface area (Å²) in [5.74, 6) is 1.56. The number of piperidine rings is 1.